The van der Waals surface area contributed by atoms with Crippen LogP contribution in [-0.4, -0.2) is 29.5 Å². The van der Waals surface area contributed by atoms with Crippen LogP contribution in [0.5, 0.6) is 11.5 Å². The van der Waals surface area contributed by atoms with E-state index in [0.29, 0.717) is 16.8 Å². The summed E-state index contributed by atoms with van der Waals surface area (Å²) >= 11 is 5.80. The lowest BCUT2D eigenvalue weighted by atomic mass is 9.94. The maximum Gasteiger partial charge on any atom is 0.258 e. The highest BCUT2D eigenvalue weighted by Gasteiger charge is 2.34. The van der Waals surface area contributed by atoms with E-state index < -0.39 is 0 Å². The first-order chi connectivity index (χ1) is 17.1. The molecule has 1 aliphatic heterocycles. The van der Waals surface area contributed by atoms with Crippen LogP contribution in [-0.2, 0) is 0 Å². The van der Waals surface area contributed by atoms with Crippen molar-refractivity contribution in [1.82, 2.24) is 15.5 Å². The summed E-state index contributed by atoms with van der Waals surface area (Å²) < 4.78 is 16.5. The van der Waals surface area contributed by atoms with Gasteiger partial charge in [0, 0.05) is 16.9 Å². The SMILES string of the molecule is COc1ccc(C2NC(=S)N(c3ccccc3)C(C)=C2c2nc(-c3cccc(OC)c3)no2)cc1. The summed E-state index contributed by atoms with van der Waals surface area (Å²) in [5, 5.41) is 8.33. The monoisotopic (exact) mass is 484 g/mol. The van der Waals surface area contributed by atoms with Gasteiger partial charge < -0.3 is 19.3 Å². The third kappa shape index (κ3) is 4.36. The molecule has 8 heteroatoms. The van der Waals surface area contributed by atoms with Crippen LogP contribution in [0.15, 0.2) is 89.1 Å². The van der Waals surface area contributed by atoms with Crippen LogP contribution in [0.2, 0.25) is 0 Å². The number of ether oxygens (including phenoxy) is 2. The quantitative estimate of drug-likeness (QED) is 0.354. The van der Waals surface area contributed by atoms with Gasteiger partial charge in [-0.1, -0.05) is 47.6 Å². The highest BCUT2D eigenvalue weighted by atomic mass is 32.1. The average molecular weight is 485 g/mol. The van der Waals surface area contributed by atoms with Gasteiger partial charge in [0.1, 0.15) is 11.5 Å². The largest absolute Gasteiger partial charge is 0.497 e. The van der Waals surface area contributed by atoms with Crippen LogP contribution in [0.25, 0.3) is 17.0 Å². The zero-order valence-electron chi connectivity index (χ0n) is 19.6. The van der Waals surface area contributed by atoms with E-state index >= 15 is 0 Å². The van der Waals surface area contributed by atoms with E-state index in [2.05, 4.69) is 10.5 Å². The Morgan fingerprint density at radius 2 is 1.66 bits per heavy atom. The molecule has 0 saturated carbocycles. The zero-order chi connectivity index (χ0) is 24.4. The minimum atomic E-state index is -0.285. The second kappa shape index (κ2) is 9.60. The molecule has 0 bridgehead atoms. The van der Waals surface area contributed by atoms with Crippen molar-refractivity contribution >= 4 is 28.6 Å². The predicted octanol–water partition coefficient (Wildman–Crippen LogP) is 5.62. The molecule has 2 heterocycles. The normalized spacial score (nSPS) is 15.7. The zero-order valence-corrected chi connectivity index (χ0v) is 20.4. The number of nitrogens with one attached hydrogen (secondary N) is 1. The van der Waals surface area contributed by atoms with Crippen molar-refractivity contribution in [3.63, 3.8) is 0 Å². The molecule has 3 aromatic carbocycles. The minimum absolute atomic E-state index is 0.285. The third-order valence-electron chi connectivity index (χ3n) is 5.93. The predicted molar refractivity (Wildman–Crippen MR) is 139 cm³/mol. The van der Waals surface area contributed by atoms with Gasteiger partial charge >= 0.3 is 0 Å². The maximum absolute atomic E-state index is 5.82. The molecule has 0 aliphatic carbocycles. The first-order valence-electron chi connectivity index (χ1n) is 11.1. The summed E-state index contributed by atoms with van der Waals surface area (Å²) in [6.07, 6.45) is 0. The minimum Gasteiger partial charge on any atom is -0.497 e. The van der Waals surface area contributed by atoms with Crippen molar-refractivity contribution in [2.75, 3.05) is 19.1 Å². The van der Waals surface area contributed by atoms with Gasteiger partial charge in [-0.15, -0.1) is 0 Å². The molecule has 0 fully saturated rings. The van der Waals surface area contributed by atoms with Crippen molar-refractivity contribution in [1.29, 1.82) is 0 Å². The molecule has 0 spiro atoms. The number of para-hydroxylation sites is 1. The molecule has 0 saturated heterocycles. The summed E-state index contributed by atoms with van der Waals surface area (Å²) in [5.41, 5.74) is 4.49. The molecule has 1 unspecified atom stereocenters. The van der Waals surface area contributed by atoms with E-state index in [-0.39, 0.29) is 6.04 Å². The Labute approximate surface area is 209 Å². The Morgan fingerprint density at radius 1 is 0.914 bits per heavy atom. The Bertz CT molecular complexity index is 1380. The summed E-state index contributed by atoms with van der Waals surface area (Å²) in [6, 6.07) is 25.1. The number of nitrogens with zero attached hydrogens (tertiary/aromatic N) is 3. The number of thiocarbonyl (C=S) groups is 1. The fourth-order valence-corrected chi connectivity index (χ4v) is 4.53. The van der Waals surface area contributed by atoms with Crippen molar-refractivity contribution in [3.8, 4) is 22.9 Å². The maximum atomic E-state index is 5.82. The van der Waals surface area contributed by atoms with Crippen molar-refractivity contribution < 1.29 is 14.0 Å². The Balaban J connectivity index is 1.63. The lowest BCUT2D eigenvalue weighted by molar-refractivity contribution is 0.403. The Kier molecular flexibility index (Phi) is 6.20. The standard InChI is InChI=1S/C27H24N4O3S/c1-17-23(26-29-25(30-34-26)19-8-7-11-22(16-19)33-3)24(18-12-14-21(32-2)15-13-18)28-27(35)31(17)20-9-5-4-6-10-20/h4-16,24H,1-3H3,(H,28,35). The number of aromatic nitrogens is 2. The van der Waals surface area contributed by atoms with Gasteiger partial charge in [0.15, 0.2) is 5.11 Å². The molecule has 5 rings (SSSR count). The molecule has 1 aliphatic rings. The molecule has 4 aromatic rings. The average Bonchev–Trinajstić information content (AvgIpc) is 3.39. The van der Waals surface area contributed by atoms with E-state index in [1.807, 2.05) is 90.7 Å². The van der Waals surface area contributed by atoms with Crippen LogP contribution < -0.4 is 19.7 Å². The molecular weight excluding hydrogens is 460 g/mol. The van der Waals surface area contributed by atoms with Gasteiger partial charge in [-0.05, 0) is 61.1 Å². The van der Waals surface area contributed by atoms with E-state index in [1.165, 1.54) is 0 Å². The number of allylic oxidation sites excluding steroid dienone is 1. The number of anilines is 1. The number of methoxy groups -OCH3 is 2. The van der Waals surface area contributed by atoms with Gasteiger partial charge in [-0.25, -0.2) is 0 Å². The van der Waals surface area contributed by atoms with Crippen LogP contribution in [0.1, 0.15) is 24.4 Å². The highest BCUT2D eigenvalue weighted by Crippen LogP contribution is 2.39. The topological polar surface area (TPSA) is 72.7 Å². The van der Waals surface area contributed by atoms with Gasteiger partial charge in [-0.2, -0.15) is 4.98 Å². The van der Waals surface area contributed by atoms with Gasteiger partial charge in [0.2, 0.25) is 5.82 Å². The second-order valence-corrected chi connectivity index (χ2v) is 8.37. The molecule has 1 aromatic heterocycles. The van der Waals surface area contributed by atoms with Crippen LogP contribution in [0, 0.1) is 0 Å². The van der Waals surface area contributed by atoms with Gasteiger partial charge in [0.05, 0.1) is 25.8 Å². The second-order valence-electron chi connectivity index (χ2n) is 7.98. The summed E-state index contributed by atoms with van der Waals surface area (Å²) in [7, 11) is 3.28. The number of hydrogen-bond acceptors (Lipinski definition) is 6. The molecule has 0 amide bonds. The lowest BCUT2D eigenvalue weighted by Crippen LogP contribution is -2.46. The van der Waals surface area contributed by atoms with Crippen molar-refractivity contribution in [3.05, 3.63) is 96.0 Å². The summed E-state index contributed by atoms with van der Waals surface area (Å²) in [6.45, 7) is 2.02. The summed E-state index contributed by atoms with van der Waals surface area (Å²) in [5.74, 6) is 2.39. The molecule has 1 atom stereocenters. The van der Waals surface area contributed by atoms with Gasteiger partial charge in [0.25, 0.3) is 5.89 Å². The molecule has 35 heavy (non-hydrogen) atoms. The first kappa shape index (κ1) is 22.6. The van der Waals surface area contributed by atoms with Gasteiger partial charge in [-0.3, -0.25) is 4.90 Å². The van der Waals surface area contributed by atoms with Crippen LogP contribution in [0.3, 0.4) is 0 Å². The molecule has 7 nitrogen and oxygen atoms in total. The lowest BCUT2D eigenvalue weighted by Gasteiger charge is -2.37. The molecule has 1 N–H and O–H groups in total. The van der Waals surface area contributed by atoms with E-state index in [0.717, 1.165) is 39.6 Å². The van der Waals surface area contributed by atoms with Crippen LogP contribution in [0.4, 0.5) is 5.69 Å². The van der Waals surface area contributed by atoms with E-state index in [9.17, 15) is 0 Å². The number of rotatable bonds is 6. The van der Waals surface area contributed by atoms with Crippen LogP contribution >= 0.6 is 12.2 Å². The number of hydrogen-bond donors (Lipinski definition) is 1. The van der Waals surface area contributed by atoms with Crippen molar-refractivity contribution in [2.45, 2.75) is 13.0 Å². The molecule has 176 valence electrons. The third-order valence-corrected chi connectivity index (χ3v) is 6.23. The highest BCUT2D eigenvalue weighted by molar-refractivity contribution is 7.80. The van der Waals surface area contributed by atoms with Crippen molar-refractivity contribution in [2.24, 2.45) is 0 Å². The smallest absolute Gasteiger partial charge is 0.258 e. The number of benzene rings is 3. The fraction of sp³-hybridized carbons (Fsp3) is 0.148. The first-order valence-corrected chi connectivity index (χ1v) is 11.5. The van der Waals surface area contributed by atoms with E-state index in [4.69, 9.17) is 31.2 Å². The molecule has 0 radical (unpaired) electrons. The summed E-state index contributed by atoms with van der Waals surface area (Å²) in [4.78, 5) is 6.75. The van der Waals surface area contributed by atoms with E-state index in [1.54, 1.807) is 14.2 Å². The molecular formula is C27H24N4O3S. The Morgan fingerprint density at radius 3 is 2.37 bits per heavy atom. The Hall–Kier alpha value is -4.17. The fourth-order valence-electron chi connectivity index (χ4n) is 4.17.